The molecule has 0 atom stereocenters. The first-order valence-electron chi connectivity index (χ1n) is 7.80. The van der Waals surface area contributed by atoms with E-state index in [1.54, 1.807) is 24.4 Å². The third-order valence-electron chi connectivity index (χ3n) is 3.81. The van der Waals surface area contributed by atoms with Crippen LogP contribution in [0.5, 0.6) is 0 Å². The molecule has 6 nitrogen and oxygen atoms in total. The highest BCUT2D eigenvalue weighted by Crippen LogP contribution is 2.27. The summed E-state index contributed by atoms with van der Waals surface area (Å²) in [5.74, 6) is 1.92. The second kappa shape index (κ2) is 6.60. The molecular formula is C18H16N4O2S. The number of aryl methyl sites for hydroxylation is 2. The van der Waals surface area contributed by atoms with Crippen molar-refractivity contribution in [2.75, 3.05) is 0 Å². The number of furan rings is 1. The molecule has 0 saturated carbocycles. The Bertz CT molecular complexity index is 988. The molecule has 126 valence electrons. The van der Waals surface area contributed by atoms with E-state index in [1.807, 2.05) is 22.8 Å². The quantitative estimate of drug-likeness (QED) is 0.495. The van der Waals surface area contributed by atoms with Crippen LogP contribution in [0.4, 0.5) is 0 Å². The maximum absolute atomic E-state index is 5.33. The van der Waals surface area contributed by atoms with Gasteiger partial charge in [0.1, 0.15) is 6.33 Å². The van der Waals surface area contributed by atoms with Gasteiger partial charge in [-0.2, -0.15) is 0 Å². The molecular weight excluding hydrogens is 336 g/mol. The van der Waals surface area contributed by atoms with Gasteiger partial charge in [0, 0.05) is 11.8 Å². The van der Waals surface area contributed by atoms with Crippen molar-refractivity contribution >= 4 is 11.8 Å². The predicted molar refractivity (Wildman–Crippen MR) is 94.6 cm³/mol. The number of aromatic nitrogens is 4. The molecule has 0 aliphatic rings. The van der Waals surface area contributed by atoms with Crippen LogP contribution in [0, 0.1) is 13.8 Å². The zero-order valence-electron chi connectivity index (χ0n) is 13.8. The molecule has 0 aliphatic carbocycles. The number of rotatable bonds is 5. The van der Waals surface area contributed by atoms with Crippen molar-refractivity contribution < 1.29 is 8.94 Å². The van der Waals surface area contributed by atoms with E-state index < -0.39 is 0 Å². The lowest BCUT2D eigenvalue weighted by atomic mass is 10.1. The Labute approximate surface area is 148 Å². The highest BCUT2D eigenvalue weighted by atomic mass is 32.2. The molecule has 0 bridgehead atoms. The zero-order chi connectivity index (χ0) is 17.2. The number of thioether (sulfide) groups is 1. The Morgan fingerprint density at radius 1 is 1.12 bits per heavy atom. The lowest BCUT2D eigenvalue weighted by molar-refractivity contribution is 0.413. The number of benzene rings is 1. The first-order chi connectivity index (χ1) is 12.2. The van der Waals surface area contributed by atoms with Gasteiger partial charge in [0.15, 0.2) is 10.9 Å². The fourth-order valence-electron chi connectivity index (χ4n) is 2.52. The van der Waals surface area contributed by atoms with Crippen LogP contribution < -0.4 is 0 Å². The summed E-state index contributed by atoms with van der Waals surface area (Å²) < 4.78 is 12.6. The van der Waals surface area contributed by atoms with E-state index in [1.165, 1.54) is 11.1 Å². The molecule has 25 heavy (non-hydrogen) atoms. The maximum Gasteiger partial charge on any atom is 0.202 e. The van der Waals surface area contributed by atoms with Crippen LogP contribution in [0.15, 0.2) is 63.1 Å². The Morgan fingerprint density at radius 2 is 2.04 bits per heavy atom. The van der Waals surface area contributed by atoms with Gasteiger partial charge < -0.3 is 8.94 Å². The van der Waals surface area contributed by atoms with Gasteiger partial charge in [-0.15, -0.1) is 10.2 Å². The summed E-state index contributed by atoms with van der Waals surface area (Å²) in [4.78, 5) is 0. The molecule has 3 heterocycles. The molecule has 0 saturated heterocycles. The lowest BCUT2D eigenvalue weighted by Crippen LogP contribution is -1.98. The summed E-state index contributed by atoms with van der Waals surface area (Å²) in [5.41, 5.74) is 4.29. The van der Waals surface area contributed by atoms with Crippen LogP contribution >= 0.6 is 11.8 Å². The van der Waals surface area contributed by atoms with Crippen molar-refractivity contribution in [1.82, 2.24) is 19.9 Å². The molecule has 0 unspecified atom stereocenters. The Balaban J connectivity index is 1.53. The molecule has 4 rings (SSSR count). The van der Waals surface area contributed by atoms with Crippen molar-refractivity contribution in [3.05, 3.63) is 65.8 Å². The van der Waals surface area contributed by atoms with E-state index >= 15 is 0 Å². The van der Waals surface area contributed by atoms with Crippen LogP contribution in [0.1, 0.15) is 16.8 Å². The molecule has 3 aromatic heterocycles. The summed E-state index contributed by atoms with van der Waals surface area (Å²) in [6.45, 7) is 4.15. The molecule has 1 aromatic carbocycles. The topological polar surface area (TPSA) is 69.9 Å². The van der Waals surface area contributed by atoms with Gasteiger partial charge in [0.05, 0.1) is 17.6 Å². The average Bonchev–Trinajstić information content (AvgIpc) is 3.36. The zero-order valence-corrected chi connectivity index (χ0v) is 14.7. The fraction of sp³-hybridized carbons (Fsp3) is 0.167. The maximum atomic E-state index is 5.33. The summed E-state index contributed by atoms with van der Waals surface area (Å²) in [6, 6.07) is 11.9. The van der Waals surface area contributed by atoms with Gasteiger partial charge in [0.2, 0.25) is 5.76 Å². The van der Waals surface area contributed by atoms with Crippen molar-refractivity contribution in [3.8, 4) is 17.2 Å². The largest absolute Gasteiger partial charge is 0.461 e. The Morgan fingerprint density at radius 3 is 2.88 bits per heavy atom. The third-order valence-corrected chi connectivity index (χ3v) is 4.79. The van der Waals surface area contributed by atoms with Crippen LogP contribution in [0.3, 0.4) is 0 Å². The standard InChI is InChI=1S/C18H16N4O2S/c1-12-5-6-13(2)15(8-12)22-11-19-20-18(22)25-10-14-9-17(24-21-14)16-4-3-7-23-16/h3-9,11H,10H2,1-2H3. The smallest absolute Gasteiger partial charge is 0.202 e. The highest BCUT2D eigenvalue weighted by Gasteiger charge is 2.13. The fourth-order valence-corrected chi connectivity index (χ4v) is 3.32. The van der Waals surface area contributed by atoms with E-state index in [2.05, 4.69) is 47.4 Å². The average molecular weight is 352 g/mol. The van der Waals surface area contributed by atoms with Crippen molar-refractivity contribution in [2.24, 2.45) is 0 Å². The summed E-state index contributed by atoms with van der Waals surface area (Å²) in [5, 5.41) is 13.2. The van der Waals surface area contributed by atoms with Gasteiger partial charge in [-0.3, -0.25) is 4.57 Å². The lowest BCUT2D eigenvalue weighted by Gasteiger charge is -2.09. The van der Waals surface area contributed by atoms with Crippen LogP contribution in [0.2, 0.25) is 0 Å². The molecule has 0 spiro atoms. The molecule has 0 aliphatic heterocycles. The van der Waals surface area contributed by atoms with Gasteiger partial charge in [0.25, 0.3) is 0 Å². The van der Waals surface area contributed by atoms with Crippen molar-refractivity contribution in [2.45, 2.75) is 24.8 Å². The van der Waals surface area contributed by atoms with Gasteiger partial charge >= 0.3 is 0 Å². The number of nitrogens with zero attached hydrogens (tertiary/aromatic N) is 4. The minimum atomic E-state index is 0.622. The molecule has 4 aromatic rings. The predicted octanol–water partition coefficient (Wildman–Crippen LogP) is 4.42. The third kappa shape index (κ3) is 3.23. The molecule has 0 N–H and O–H groups in total. The minimum Gasteiger partial charge on any atom is -0.461 e. The van der Waals surface area contributed by atoms with E-state index in [9.17, 15) is 0 Å². The van der Waals surface area contributed by atoms with Gasteiger partial charge in [-0.1, -0.05) is 29.1 Å². The Hall–Kier alpha value is -2.80. The number of hydrogen-bond acceptors (Lipinski definition) is 6. The van der Waals surface area contributed by atoms with Gasteiger partial charge in [-0.05, 0) is 43.2 Å². The van der Waals surface area contributed by atoms with Crippen LogP contribution in [-0.2, 0) is 5.75 Å². The normalized spacial score (nSPS) is 11.1. The molecule has 0 fully saturated rings. The monoisotopic (exact) mass is 352 g/mol. The van der Waals surface area contributed by atoms with Crippen LogP contribution in [0.25, 0.3) is 17.2 Å². The van der Waals surface area contributed by atoms with Gasteiger partial charge in [-0.25, -0.2) is 0 Å². The number of hydrogen-bond donors (Lipinski definition) is 0. The molecule has 0 amide bonds. The second-order valence-corrected chi connectivity index (χ2v) is 6.66. The summed E-state index contributed by atoms with van der Waals surface area (Å²) in [6.07, 6.45) is 3.35. The van der Waals surface area contributed by atoms with Crippen LogP contribution in [-0.4, -0.2) is 19.9 Å². The first-order valence-corrected chi connectivity index (χ1v) is 8.79. The second-order valence-electron chi connectivity index (χ2n) is 5.72. The molecule has 7 heteroatoms. The minimum absolute atomic E-state index is 0.622. The first kappa shape index (κ1) is 15.7. The SMILES string of the molecule is Cc1ccc(C)c(-n2cnnc2SCc2cc(-c3ccco3)on2)c1. The van der Waals surface area contributed by atoms with E-state index in [0.29, 0.717) is 17.3 Å². The summed E-state index contributed by atoms with van der Waals surface area (Å²) >= 11 is 1.56. The Kier molecular flexibility index (Phi) is 4.15. The summed E-state index contributed by atoms with van der Waals surface area (Å²) in [7, 11) is 0. The molecule has 0 radical (unpaired) electrons. The van der Waals surface area contributed by atoms with Crippen molar-refractivity contribution in [3.63, 3.8) is 0 Å². The van der Waals surface area contributed by atoms with E-state index in [0.717, 1.165) is 16.5 Å². The van der Waals surface area contributed by atoms with E-state index in [-0.39, 0.29) is 0 Å². The van der Waals surface area contributed by atoms with Crippen molar-refractivity contribution in [1.29, 1.82) is 0 Å². The highest BCUT2D eigenvalue weighted by molar-refractivity contribution is 7.98. The van der Waals surface area contributed by atoms with E-state index in [4.69, 9.17) is 8.94 Å².